The third-order valence-electron chi connectivity index (χ3n) is 7.70. The van der Waals surface area contributed by atoms with Crippen molar-refractivity contribution in [1.82, 2.24) is 10.2 Å². The van der Waals surface area contributed by atoms with E-state index in [-0.39, 0.29) is 23.8 Å². The summed E-state index contributed by atoms with van der Waals surface area (Å²) in [5, 5.41) is 3.26. The molecule has 1 saturated heterocycles. The minimum Gasteiger partial charge on any atom is -0.354 e. The predicted molar refractivity (Wildman–Crippen MR) is 91.0 cm³/mol. The van der Waals surface area contributed by atoms with E-state index in [2.05, 4.69) is 5.32 Å². The molecule has 0 radical (unpaired) electrons. The van der Waals surface area contributed by atoms with Gasteiger partial charge in [0.25, 0.3) is 0 Å². The van der Waals surface area contributed by atoms with Crippen LogP contribution in [-0.4, -0.2) is 35.8 Å². The van der Waals surface area contributed by atoms with Gasteiger partial charge in [-0.25, -0.2) is 0 Å². The molecule has 1 aliphatic heterocycles. The summed E-state index contributed by atoms with van der Waals surface area (Å²) >= 11 is 0. The summed E-state index contributed by atoms with van der Waals surface area (Å²) < 4.78 is 0. The van der Waals surface area contributed by atoms with Crippen LogP contribution in [0.4, 0.5) is 0 Å². The number of likely N-dealkylation sites (tertiary alicyclic amines) is 1. The van der Waals surface area contributed by atoms with Crippen LogP contribution in [-0.2, 0) is 9.59 Å². The van der Waals surface area contributed by atoms with Crippen LogP contribution in [0.3, 0.4) is 0 Å². The molecule has 4 bridgehead atoms. The van der Waals surface area contributed by atoms with Gasteiger partial charge in [0.1, 0.15) is 6.04 Å². The van der Waals surface area contributed by atoms with Gasteiger partial charge in [0.05, 0.1) is 0 Å². The van der Waals surface area contributed by atoms with Gasteiger partial charge in [0.2, 0.25) is 11.8 Å². The number of amides is 2. The number of carbonyl (C=O) groups is 2. The van der Waals surface area contributed by atoms with Gasteiger partial charge in [0.15, 0.2) is 0 Å². The number of rotatable bonds is 4. The Kier molecular flexibility index (Phi) is 3.64. The first-order valence-corrected chi connectivity index (χ1v) is 10.3. The van der Waals surface area contributed by atoms with Crippen LogP contribution in [0.25, 0.3) is 0 Å². The molecule has 6 aliphatic rings. The molecule has 4 nitrogen and oxygen atoms in total. The lowest BCUT2D eigenvalue weighted by Gasteiger charge is -2.54. The molecule has 2 amide bonds. The maximum atomic E-state index is 12.7. The van der Waals surface area contributed by atoms with Crippen molar-refractivity contribution < 1.29 is 9.59 Å². The van der Waals surface area contributed by atoms with Crippen molar-refractivity contribution >= 4 is 11.8 Å². The van der Waals surface area contributed by atoms with Crippen molar-refractivity contribution in [1.29, 1.82) is 0 Å². The summed E-state index contributed by atoms with van der Waals surface area (Å²) in [5.41, 5.74) is 0. The second kappa shape index (κ2) is 5.74. The van der Waals surface area contributed by atoms with E-state index in [1.807, 2.05) is 4.90 Å². The number of carbonyl (C=O) groups excluding carboxylic acids is 2. The molecule has 0 aromatic rings. The van der Waals surface area contributed by atoms with Gasteiger partial charge in [0, 0.05) is 19.0 Å². The van der Waals surface area contributed by atoms with Gasteiger partial charge in [-0.2, -0.15) is 0 Å². The topological polar surface area (TPSA) is 49.4 Å². The molecule has 6 rings (SSSR count). The standard InChI is InChI=1S/C20H30N2O2/c23-19(18-2-1-5-22(18)20(24)14-3-4-14)21-11-17-15-7-12-6-13(9-15)10-16(17)8-12/h12-18H,1-11H2,(H,21,23)/t12?,13?,15?,16?,17?,18-/m0/s1. The zero-order valence-electron chi connectivity index (χ0n) is 14.6. The molecular formula is C20H30N2O2. The zero-order chi connectivity index (χ0) is 16.3. The van der Waals surface area contributed by atoms with E-state index in [0.717, 1.165) is 62.4 Å². The molecule has 5 saturated carbocycles. The largest absolute Gasteiger partial charge is 0.354 e. The molecule has 0 spiro atoms. The van der Waals surface area contributed by atoms with Crippen LogP contribution in [0, 0.1) is 35.5 Å². The summed E-state index contributed by atoms with van der Waals surface area (Å²) in [6.45, 7) is 1.64. The quantitative estimate of drug-likeness (QED) is 0.861. The van der Waals surface area contributed by atoms with Crippen LogP contribution < -0.4 is 5.32 Å². The number of nitrogens with one attached hydrogen (secondary N) is 1. The molecule has 0 aromatic heterocycles. The summed E-state index contributed by atoms with van der Waals surface area (Å²) in [7, 11) is 0. The highest BCUT2D eigenvalue weighted by Crippen LogP contribution is 2.56. The lowest BCUT2D eigenvalue weighted by atomic mass is 9.52. The van der Waals surface area contributed by atoms with Crippen LogP contribution >= 0.6 is 0 Å². The minimum atomic E-state index is -0.185. The number of hydrogen-bond acceptors (Lipinski definition) is 2. The van der Waals surface area contributed by atoms with Crippen molar-refractivity contribution in [2.75, 3.05) is 13.1 Å². The van der Waals surface area contributed by atoms with Crippen molar-refractivity contribution in [2.45, 2.75) is 63.8 Å². The Morgan fingerprint density at radius 3 is 2.21 bits per heavy atom. The fraction of sp³-hybridized carbons (Fsp3) is 0.900. The van der Waals surface area contributed by atoms with Crippen molar-refractivity contribution in [3.63, 3.8) is 0 Å². The van der Waals surface area contributed by atoms with E-state index in [4.69, 9.17) is 0 Å². The summed E-state index contributed by atoms with van der Waals surface area (Å²) in [6, 6.07) is -0.185. The molecule has 0 unspecified atom stereocenters. The van der Waals surface area contributed by atoms with E-state index < -0.39 is 0 Å². The molecule has 1 heterocycles. The fourth-order valence-corrected chi connectivity index (χ4v) is 6.58. The summed E-state index contributed by atoms with van der Waals surface area (Å²) in [4.78, 5) is 27.0. The maximum absolute atomic E-state index is 12.7. The molecule has 4 heteroatoms. The Labute approximate surface area is 144 Å². The lowest BCUT2D eigenvalue weighted by Crippen LogP contribution is -2.52. The van der Waals surface area contributed by atoms with Crippen molar-refractivity contribution in [2.24, 2.45) is 35.5 Å². The minimum absolute atomic E-state index is 0.121. The average Bonchev–Trinajstić information content (AvgIpc) is 3.29. The van der Waals surface area contributed by atoms with Gasteiger partial charge < -0.3 is 10.2 Å². The van der Waals surface area contributed by atoms with Gasteiger partial charge in [-0.3, -0.25) is 9.59 Å². The Morgan fingerprint density at radius 1 is 0.917 bits per heavy atom. The second-order valence-corrected chi connectivity index (χ2v) is 9.30. The molecule has 5 aliphatic carbocycles. The van der Waals surface area contributed by atoms with Gasteiger partial charge in [-0.05, 0) is 87.4 Å². The van der Waals surface area contributed by atoms with E-state index in [0.29, 0.717) is 5.92 Å². The second-order valence-electron chi connectivity index (χ2n) is 9.30. The fourth-order valence-electron chi connectivity index (χ4n) is 6.58. The van der Waals surface area contributed by atoms with E-state index >= 15 is 0 Å². The summed E-state index contributed by atoms with van der Waals surface area (Å²) in [6.07, 6.45) is 11.0. The molecule has 132 valence electrons. The Bertz CT molecular complexity index is 514. The highest BCUT2D eigenvalue weighted by molar-refractivity contribution is 5.89. The van der Waals surface area contributed by atoms with Crippen molar-refractivity contribution in [3.8, 4) is 0 Å². The molecule has 1 N–H and O–H groups in total. The van der Waals surface area contributed by atoms with Crippen LogP contribution in [0.2, 0.25) is 0 Å². The van der Waals surface area contributed by atoms with Crippen LogP contribution in [0.1, 0.15) is 57.8 Å². The SMILES string of the molecule is O=C(NCC1C2CC3CC(C2)CC1C3)[C@@H]1CCCN1C(=O)C1CC1. The highest BCUT2D eigenvalue weighted by Gasteiger charge is 2.48. The van der Waals surface area contributed by atoms with E-state index in [9.17, 15) is 9.59 Å². The third kappa shape index (κ3) is 2.57. The van der Waals surface area contributed by atoms with E-state index in [1.54, 1.807) is 0 Å². The first-order valence-electron chi connectivity index (χ1n) is 10.3. The van der Waals surface area contributed by atoms with Crippen LogP contribution in [0.5, 0.6) is 0 Å². The lowest BCUT2D eigenvalue weighted by molar-refractivity contribution is -0.139. The number of hydrogen-bond donors (Lipinski definition) is 1. The predicted octanol–water partition coefficient (Wildman–Crippen LogP) is 2.58. The zero-order valence-corrected chi connectivity index (χ0v) is 14.6. The molecule has 1 atom stereocenters. The molecular weight excluding hydrogens is 300 g/mol. The van der Waals surface area contributed by atoms with Gasteiger partial charge in [-0.1, -0.05) is 0 Å². The van der Waals surface area contributed by atoms with Gasteiger partial charge in [-0.15, -0.1) is 0 Å². The Hall–Kier alpha value is -1.06. The normalized spacial score (nSPS) is 43.2. The van der Waals surface area contributed by atoms with Gasteiger partial charge >= 0.3 is 0 Å². The first kappa shape index (κ1) is 15.2. The van der Waals surface area contributed by atoms with Crippen molar-refractivity contribution in [3.05, 3.63) is 0 Å². The molecule has 6 fully saturated rings. The Balaban J connectivity index is 1.19. The molecule has 0 aromatic carbocycles. The first-order chi connectivity index (χ1) is 11.7. The molecule has 24 heavy (non-hydrogen) atoms. The number of nitrogens with zero attached hydrogens (tertiary/aromatic N) is 1. The summed E-state index contributed by atoms with van der Waals surface area (Å²) in [5.74, 6) is 4.97. The monoisotopic (exact) mass is 330 g/mol. The Morgan fingerprint density at radius 2 is 1.58 bits per heavy atom. The highest BCUT2D eigenvalue weighted by atomic mass is 16.2. The third-order valence-corrected chi connectivity index (χ3v) is 7.70. The van der Waals surface area contributed by atoms with E-state index in [1.165, 1.54) is 32.1 Å². The average molecular weight is 330 g/mol. The van der Waals surface area contributed by atoms with Crippen LogP contribution in [0.15, 0.2) is 0 Å². The smallest absolute Gasteiger partial charge is 0.242 e. The maximum Gasteiger partial charge on any atom is 0.242 e.